The van der Waals surface area contributed by atoms with Crippen LogP contribution in [0.5, 0.6) is 11.5 Å². The van der Waals surface area contributed by atoms with Crippen molar-refractivity contribution in [2.75, 3.05) is 11.9 Å². The zero-order valence-corrected chi connectivity index (χ0v) is 18.2. The highest BCUT2D eigenvalue weighted by atomic mass is 16.5. The van der Waals surface area contributed by atoms with Gasteiger partial charge in [0.15, 0.2) is 0 Å². The van der Waals surface area contributed by atoms with Gasteiger partial charge in [0.2, 0.25) is 0 Å². The van der Waals surface area contributed by atoms with Gasteiger partial charge in [-0.15, -0.1) is 0 Å². The van der Waals surface area contributed by atoms with Crippen LogP contribution in [0.3, 0.4) is 0 Å². The van der Waals surface area contributed by atoms with Gasteiger partial charge in [-0.05, 0) is 67.4 Å². The fraction of sp³-hybridized carbons (Fsp3) is 0.120. The molecule has 3 rings (SSSR count). The van der Waals surface area contributed by atoms with Crippen LogP contribution in [-0.2, 0) is 9.59 Å². The second-order valence-corrected chi connectivity index (χ2v) is 6.86. The summed E-state index contributed by atoms with van der Waals surface area (Å²) in [7, 11) is 0. The normalized spacial score (nSPS) is 10.5. The van der Waals surface area contributed by atoms with E-state index in [0.29, 0.717) is 34.9 Å². The minimum absolute atomic E-state index is 0.372. The maximum Gasteiger partial charge on any atom is 0.343 e. The third-order valence-electron chi connectivity index (χ3n) is 4.48. The first kappa shape index (κ1) is 23.2. The van der Waals surface area contributed by atoms with E-state index in [-0.39, 0.29) is 0 Å². The van der Waals surface area contributed by atoms with E-state index in [4.69, 9.17) is 9.47 Å². The summed E-state index contributed by atoms with van der Waals surface area (Å²) in [6.07, 6.45) is 1.37. The van der Waals surface area contributed by atoms with Gasteiger partial charge >= 0.3 is 17.8 Å². The molecule has 2 N–H and O–H groups in total. The summed E-state index contributed by atoms with van der Waals surface area (Å²) >= 11 is 0. The van der Waals surface area contributed by atoms with Crippen LogP contribution in [0.25, 0.3) is 0 Å². The van der Waals surface area contributed by atoms with Crippen LogP contribution in [0.4, 0.5) is 5.69 Å². The molecule has 0 aromatic heterocycles. The Morgan fingerprint density at radius 2 is 1.61 bits per heavy atom. The number of hydrogen-bond donors (Lipinski definition) is 2. The Morgan fingerprint density at radius 3 is 2.33 bits per heavy atom. The average Bonchev–Trinajstić information content (AvgIpc) is 2.81. The average molecular weight is 445 g/mol. The van der Waals surface area contributed by atoms with Crippen LogP contribution in [0, 0.1) is 6.92 Å². The van der Waals surface area contributed by atoms with Crippen molar-refractivity contribution in [3.63, 3.8) is 0 Å². The van der Waals surface area contributed by atoms with E-state index in [9.17, 15) is 14.4 Å². The Balaban J connectivity index is 1.53. The fourth-order valence-corrected chi connectivity index (χ4v) is 2.83. The molecule has 8 heteroatoms. The number of carbonyl (C=O) groups excluding carboxylic acids is 3. The van der Waals surface area contributed by atoms with Crippen molar-refractivity contribution in [1.29, 1.82) is 0 Å². The van der Waals surface area contributed by atoms with Crippen LogP contribution in [-0.4, -0.2) is 30.6 Å². The molecule has 0 saturated carbocycles. The molecular formula is C25H23N3O5. The van der Waals surface area contributed by atoms with Crippen molar-refractivity contribution in [2.45, 2.75) is 13.8 Å². The van der Waals surface area contributed by atoms with Gasteiger partial charge in [-0.2, -0.15) is 5.10 Å². The molecular weight excluding hydrogens is 422 g/mol. The number of rotatable bonds is 7. The SMILES string of the molecule is CCOc1ccccc1NC(=O)C(=O)NN=Cc1ccc(OC(=O)c2ccccc2C)cc1. The van der Waals surface area contributed by atoms with Gasteiger partial charge in [0.25, 0.3) is 0 Å². The minimum atomic E-state index is -0.929. The van der Waals surface area contributed by atoms with Gasteiger partial charge in [0.1, 0.15) is 11.5 Å². The summed E-state index contributed by atoms with van der Waals surface area (Å²) in [5.74, 6) is -1.41. The summed E-state index contributed by atoms with van der Waals surface area (Å²) in [6, 6.07) is 20.5. The number of ether oxygens (including phenoxy) is 2. The molecule has 0 aliphatic heterocycles. The summed E-state index contributed by atoms with van der Waals surface area (Å²) in [4.78, 5) is 36.4. The van der Waals surface area contributed by atoms with E-state index >= 15 is 0 Å². The standard InChI is InChI=1S/C25H23N3O5/c1-3-32-22-11-7-6-10-21(22)27-23(29)24(30)28-26-16-18-12-14-19(15-13-18)33-25(31)20-9-5-4-8-17(20)2/h4-16H,3H2,1-2H3,(H,27,29)(H,28,30). The van der Waals surface area contributed by atoms with Gasteiger partial charge in [-0.3, -0.25) is 9.59 Å². The molecule has 0 aliphatic carbocycles. The minimum Gasteiger partial charge on any atom is -0.492 e. The molecule has 8 nitrogen and oxygen atoms in total. The lowest BCUT2D eigenvalue weighted by atomic mass is 10.1. The first-order valence-electron chi connectivity index (χ1n) is 10.2. The van der Waals surface area contributed by atoms with Crippen molar-refractivity contribution in [2.24, 2.45) is 5.10 Å². The molecule has 0 unspecified atom stereocenters. The number of hydrogen-bond acceptors (Lipinski definition) is 6. The van der Waals surface area contributed by atoms with E-state index in [1.165, 1.54) is 6.21 Å². The van der Waals surface area contributed by atoms with E-state index in [1.54, 1.807) is 60.7 Å². The third kappa shape index (κ3) is 6.51. The highest BCUT2D eigenvalue weighted by Gasteiger charge is 2.15. The molecule has 0 radical (unpaired) electrons. The van der Waals surface area contributed by atoms with Crippen molar-refractivity contribution in [1.82, 2.24) is 5.43 Å². The van der Waals surface area contributed by atoms with Crippen LogP contribution < -0.4 is 20.2 Å². The Morgan fingerprint density at radius 1 is 0.909 bits per heavy atom. The molecule has 2 amide bonds. The molecule has 3 aromatic rings. The number of anilines is 1. The molecule has 0 heterocycles. The van der Waals surface area contributed by atoms with Crippen LogP contribution in [0.2, 0.25) is 0 Å². The van der Waals surface area contributed by atoms with Crippen molar-refractivity contribution in [3.05, 3.63) is 89.5 Å². The number of hydrazone groups is 1. The first-order chi connectivity index (χ1) is 16.0. The Hall–Kier alpha value is -4.46. The monoisotopic (exact) mass is 445 g/mol. The molecule has 0 saturated heterocycles. The number of benzene rings is 3. The summed E-state index contributed by atoms with van der Waals surface area (Å²) < 4.78 is 10.8. The van der Waals surface area contributed by atoms with E-state index in [2.05, 4.69) is 15.8 Å². The summed E-state index contributed by atoms with van der Waals surface area (Å²) in [6.45, 7) is 4.08. The lowest BCUT2D eigenvalue weighted by Crippen LogP contribution is -2.32. The number of esters is 1. The molecule has 0 bridgehead atoms. The zero-order valence-electron chi connectivity index (χ0n) is 18.2. The highest BCUT2D eigenvalue weighted by Crippen LogP contribution is 2.23. The maximum absolute atomic E-state index is 12.3. The fourth-order valence-electron chi connectivity index (χ4n) is 2.83. The predicted molar refractivity (Wildman–Crippen MR) is 125 cm³/mol. The Labute approximate surface area is 191 Å². The first-order valence-corrected chi connectivity index (χ1v) is 10.2. The van der Waals surface area contributed by atoms with Gasteiger partial charge in [-0.1, -0.05) is 30.3 Å². The molecule has 168 valence electrons. The molecule has 0 fully saturated rings. The molecule has 0 atom stereocenters. The maximum atomic E-state index is 12.3. The number of carbonyl (C=O) groups is 3. The molecule has 0 spiro atoms. The van der Waals surface area contributed by atoms with Crippen molar-refractivity contribution < 1.29 is 23.9 Å². The van der Waals surface area contributed by atoms with Gasteiger partial charge < -0.3 is 14.8 Å². The topological polar surface area (TPSA) is 106 Å². The highest BCUT2D eigenvalue weighted by molar-refractivity contribution is 6.39. The van der Waals surface area contributed by atoms with Crippen molar-refractivity contribution in [3.8, 4) is 11.5 Å². The summed E-state index contributed by atoms with van der Waals surface area (Å²) in [5.41, 5.74) is 4.51. The number of nitrogens with one attached hydrogen (secondary N) is 2. The number of amides is 2. The Bertz CT molecular complexity index is 1170. The van der Waals surface area contributed by atoms with Crippen LogP contribution in [0.1, 0.15) is 28.4 Å². The smallest absolute Gasteiger partial charge is 0.343 e. The number of aryl methyl sites for hydroxylation is 1. The van der Waals surface area contributed by atoms with Gasteiger partial charge in [0, 0.05) is 0 Å². The lowest BCUT2D eigenvalue weighted by molar-refractivity contribution is -0.136. The van der Waals surface area contributed by atoms with Gasteiger partial charge in [-0.25, -0.2) is 10.2 Å². The summed E-state index contributed by atoms with van der Waals surface area (Å²) in [5, 5.41) is 6.28. The number of para-hydroxylation sites is 2. The third-order valence-corrected chi connectivity index (χ3v) is 4.48. The van der Waals surface area contributed by atoms with E-state index < -0.39 is 17.8 Å². The second-order valence-electron chi connectivity index (χ2n) is 6.86. The van der Waals surface area contributed by atoms with Gasteiger partial charge in [0.05, 0.1) is 24.1 Å². The van der Waals surface area contributed by atoms with Crippen LogP contribution >= 0.6 is 0 Å². The number of nitrogens with zero attached hydrogens (tertiary/aromatic N) is 1. The lowest BCUT2D eigenvalue weighted by Gasteiger charge is -2.10. The van der Waals surface area contributed by atoms with Crippen molar-refractivity contribution >= 4 is 29.7 Å². The molecule has 0 aliphatic rings. The molecule has 33 heavy (non-hydrogen) atoms. The van der Waals surface area contributed by atoms with E-state index in [1.807, 2.05) is 26.0 Å². The zero-order chi connectivity index (χ0) is 23.6. The Kier molecular flexibility index (Phi) is 7.91. The van der Waals surface area contributed by atoms with E-state index in [0.717, 1.165) is 5.56 Å². The second kappa shape index (κ2) is 11.2. The van der Waals surface area contributed by atoms with Crippen LogP contribution in [0.15, 0.2) is 77.9 Å². The quantitative estimate of drug-likeness (QED) is 0.190. The molecule has 3 aromatic carbocycles. The largest absolute Gasteiger partial charge is 0.492 e. The predicted octanol–water partition coefficient (Wildman–Crippen LogP) is 3.70.